The summed E-state index contributed by atoms with van der Waals surface area (Å²) >= 11 is 0. The van der Waals surface area contributed by atoms with Crippen LogP contribution >= 0.6 is 0 Å². The van der Waals surface area contributed by atoms with Gasteiger partial charge in [-0.05, 0) is 43.4 Å². The molecule has 1 atom stereocenters. The number of benzene rings is 1. The van der Waals surface area contributed by atoms with Crippen LogP contribution in [0, 0.1) is 12.3 Å². The van der Waals surface area contributed by atoms with E-state index < -0.39 is 0 Å². The molecule has 0 aromatic heterocycles. The van der Waals surface area contributed by atoms with Crippen molar-refractivity contribution < 1.29 is 0 Å². The van der Waals surface area contributed by atoms with Crippen molar-refractivity contribution in [1.29, 1.82) is 0 Å². The zero-order chi connectivity index (χ0) is 12.3. The first-order valence-electron chi connectivity index (χ1n) is 6.58. The molecule has 1 unspecified atom stereocenters. The molecule has 2 nitrogen and oxygen atoms in total. The van der Waals surface area contributed by atoms with E-state index in [0.717, 1.165) is 13.1 Å². The third-order valence-corrected chi connectivity index (χ3v) is 3.83. The zero-order valence-electron chi connectivity index (χ0n) is 11.3. The van der Waals surface area contributed by atoms with E-state index in [1.54, 1.807) is 0 Å². The van der Waals surface area contributed by atoms with Crippen LogP contribution in [0.25, 0.3) is 0 Å². The lowest BCUT2D eigenvalue weighted by atomic mass is 9.82. The van der Waals surface area contributed by atoms with E-state index in [2.05, 4.69) is 55.4 Å². The van der Waals surface area contributed by atoms with Crippen molar-refractivity contribution in [3.63, 3.8) is 0 Å². The maximum atomic E-state index is 3.52. The highest BCUT2D eigenvalue weighted by molar-refractivity contribution is 5.52. The minimum atomic E-state index is 0.412. The second-order valence-electron chi connectivity index (χ2n) is 5.73. The SMILES string of the molecule is Cc1ccccc1N(C)CC1(C)CCCNC1. The first kappa shape index (κ1) is 12.4. The van der Waals surface area contributed by atoms with Gasteiger partial charge in [0, 0.05) is 25.8 Å². The van der Waals surface area contributed by atoms with Crippen molar-refractivity contribution in [2.75, 3.05) is 31.6 Å². The first-order valence-corrected chi connectivity index (χ1v) is 6.58. The highest BCUT2D eigenvalue weighted by Crippen LogP contribution is 2.29. The Kier molecular flexibility index (Phi) is 3.72. The molecule has 0 amide bonds. The topological polar surface area (TPSA) is 15.3 Å². The second kappa shape index (κ2) is 5.09. The summed E-state index contributed by atoms with van der Waals surface area (Å²) in [6, 6.07) is 8.64. The van der Waals surface area contributed by atoms with E-state index in [1.165, 1.54) is 30.6 Å². The predicted molar refractivity (Wildman–Crippen MR) is 74.7 cm³/mol. The Labute approximate surface area is 105 Å². The molecule has 94 valence electrons. The summed E-state index contributed by atoms with van der Waals surface area (Å²) in [7, 11) is 2.21. The largest absolute Gasteiger partial charge is 0.374 e. The van der Waals surface area contributed by atoms with Gasteiger partial charge in [0.15, 0.2) is 0 Å². The number of rotatable bonds is 3. The van der Waals surface area contributed by atoms with Gasteiger partial charge in [0.1, 0.15) is 0 Å². The van der Waals surface area contributed by atoms with Crippen LogP contribution in [0.2, 0.25) is 0 Å². The molecule has 0 aliphatic carbocycles. The Bertz CT molecular complexity index is 367. The van der Waals surface area contributed by atoms with E-state index in [-0.39, 0.29) is 0 Å². The van der Waals surface area contributed by atoms with Crippen LogP contribution < -0.4 is 10.2 Å². The zero-order valence-corrected chi connectivity index (χ0v) is 11.3. The number of hydrogen-bond donors (Lipinski definition) is 1. The number of nitrogens with zero attached hydrogens (tertiary/aromatic N) is 1. The standard InChI is InChI=1S/C15H24N2/c1-13-7-4-5-8-14(13)17(3)12-15(2)9-6-10-16-11-15/h4-5,7-8,16H,6,9-12H2,1-3H3. The van der Waals surface area contributed by atoms with Crippen molar-refractivity contribution in [2.45, 2.75) is 26.7 Å². The summed E-state index contributed by atoms with van der Waals surface area (Å²) in [5.74, 6) is 0. The molecule has 1 saturated heterocycles. The fraction of sp³-hybridized carbons (Fsp3) is 0.600. The highest BCUT2D eigenvalue weighted by Gasteiger charge is 2.28. The van der Waals surface area contributed by atoms with Gasteiger partial charge in [-0.25, -0.2) is 0 Å². The van der Waals surface area contributed by atoms with Crippen molar-refractivity contribution in [3.05, 3.63) is 29.8 Å². The molecule has 1 aromatic carbocycles. The maximum Gasteiger partial charge on any atom is 0.0393 e. The summed E-state index contributed by atoms with van der Waals surface area (Å²) < 4.78 is 0. The summed E-state index contributed by atoms with van der Waals surface area (Å²) in [6.07, 6.45) is 2.63. The van der Waals surface area contributed by atoms with Gasteiger partial charge in [0.05, 0.1) is 0 Å². The fourth-order valence-electron chi connectivity index (χ4n) is 2.90. The fourth-order valence-corrected chi connectivity index (χ4v) is 2.90. The molecule has 1 N–H and O–H groups in total. The van der Waals surface area contributed by atoms with Gasteiger partial charge in [-0.3, -0.25) is 0 Å². The molecular weight excluding hydrogens is 208 g/mol. The van der Waals surface area contributed by atoms with Crippen LogP contribution in [0.3, 0.4) is 0 Å². The third kappa shape index (κ3) is 3.01. The number of piperidine rings is 1. The first-order chi connectivity index (χ1) is 8.11. The quantitative estimate of drug-likeness (QED) is 0.862. The Hall–Kier alpha value is -1.02. The average molecular weight is 232 g/mol. The highest BCUT2D eigenvalue weighted by atomic mass is 15.1. The summed E-state index contributed by atoms with van der Waals surface area (Å²) in [5.41, 5.74) is 3.14. The molecule has 0 saturated carbocycles. The van der Waals surface area contributed by atoms with E-state index >= 15 is 0 Å². The van der Waals surface area contributed by atoms with Crippen molar-refractivity contribution >= 4 is 5.69 Å². The van der Waals surface area contributed by atoms with Gasteiger partial charge >= 0.3 is 0 Å². The van der Waals surface area contributed by atoms with Crippen LogP contribution in [0.4, 0.5) is 5.69 Å². The third-order valence-electron chi connectivity index (χ3n) is 3.83. The van der Waals surface area contributed by atoms with Crippen LogP contribution in [-0.2, 0) is 0 Å². The minimum absolute atomic E-state index is 0.412. The number of hydrogen-bond acceptors (Lipinski definition) is 2. The van der Waals surface area contributed by atoms with Crippen LogP contribution in [-0.4, -0.2) is 26.7 Å². The lowest BCUT2D eigenvalue weighted by molar-refractivity contribution is 0.243. The second-order valence-corrected chi connectivity index (χ2v) is 5.73. The Morgan fingerprint density at radius 3 is 2.76 bits per heavy atom. The van der Waals surface area contributed by atoms with Gasteiger partial charge in [-0.2, -0.15) is 0 Å². The van der Waals surface area contributed by atoms with Gasteiger partial charge in [0.2, 0.25) is 0 Å². The number of aryl methyl sites for hydroxylation is 1. The summed E-state index contributed by atoms with van der Waals surface area (Å²) in [6.45, 7) is 8.04. The molecule has 2 heteroatoms. The van der Waals surface area contributed by atoms with Crippen molar-refractivity contribution in [3.8, 4) is 0 Å². The Morgan fingerprint density at radius 2 is 2.12 bits per heavy atom. The van der Waals surface area contributed by atoms with Crippen LogP contribution in [0.5, 0.6) is 0 Å². The van der Waals surface area contributed by atoms with Gasteiger partial charge < -0.3 is 10.2 Å². The molecule has 0 bridgehead atoms. The van der Waals surface area contributed by atoms with E-state index in [0.29, 0.717) is 5.41 Å². The molecule has 1 heterocycles. The van der Waals surface area contributed by atoms with Gasteiger partial charge in [0.25, 0.3) is 0 Å². The molecule has 2 rings (SSSR count). The average Bonchev–Trinajstić information content (AvgIpc) is 2.29. The predicted octanol–water partition coefficient (Wildman–Crippen LogP) is 2.82. The van der Waals surface area contributed by atoms with Crippen molar-refractivity contribution in [2.24, 2.45) is 5.41 Å². The Balaban J connectivity index is 2.06. The molecule has 0 radical (unpaired) electrons. The molecule has 0 spiro atoms. The van der Waals surface area contributed by atoms with Crippen LogP contribution in [0.1, 0.15) is 25.3 Å². The molecule has 17 heavy (non-hydrogen) atoms. The van der Waals surface area contributed by atoms with Gasteiger partial charge in [-0.1, -0.05) is 25.1 Å². The van der Waals surface area contributed by atoms with Gasteiger partial charge in [-0.15, -0.1) is 0 Å². The summed E-state index contributed by atoms with van der Waals surface area (Å²) in [5, 5.41) is 3.52. The number of para-hydroxylation sites is 1. The summed E-state index contributed by atoms with van der Waals surface area (Å²) in [4.78, 5) is 2.41. The molecule has 1 aliphatic rings. The number of nitrogens with one attached hydrogen (secondary N) is 1. The molecular formula is C15H24N2. The normalized spacial score (nSPS) is 24.6. The molecule has 1 aromatic rings. The lowest BCUT2D eigenvalue weighted by Crippen LogP contribution is -2.45. The maximum absolute atomic E-state index is 3.52. The number of anilines is 1. The van der Waals surface area contributed by atoms with Crippen LogP contribution in [0.15, 0.2) is 24.3 Å². The lowest BCUT2D eigenvalue weighted by Gasteiger charge is -2.38. The van der Waals surface area contributed by atoms with E-state index in [9.17, 15) is 0 Å². The molecule has 1 aliphatic heterocycles. The molecule has 1 fully saturated rings. The van der Waals surface area contributed by atoms with Crippen molar-refractivity contribution in [1.82, 2.24) is 5.32 Å². The Morgan fingerprint density at radius 1 is 1.35 bits per heavy atom. The minimum Gasteiger partial charge on any atom is -0.374 e. The monoisotopic (exact) mass is 232 g/mol. The van der Waals surface area contributed by atoms with E-state index in [1.807, 2.05) is 0 Å². The van der Waals surface area contributed by atoms with E-state index in [4.69, 9.17) is 0 Å². The smallest absolute Gasteiger partial charge is 0.0393 e.